The van der Waals surface area contributed by atoms with E-state index in [1.807, 2.05) is 0 Å². The second kappa shape index (κ2) is 5.14. The third-order valence-corrected chi connectivity index (χ3v) is 4.92. The van der Waals surface area contributed by atoms with Crippen molar-refractivity contribution in [3.63, 3.8) is 0 Å². The third kappa shape index (κ3) is 6.81. The molecule has 11 heavy (non-hydrogen) atoms. The van der Waals surface area contributed by atoms with Crippen molar-refractivity contribution in [1.82, 2.24) is 0 Å². The zero-order chi connectivity index (χ0) is 8.91. The number of hydrogen-bond donors (Lipinski definition) is 2. The van der Waals surface area contributed by atoms with Crippen molar-refractivity contribution in [2.75, 3.05) is 6.61 Å². The van der Waals surface area contributed by atoms with Gasteiger partial charge in [-0.1, -0.05) is 0 Å². The molecular formula is C4H10IO5S-. The van der Waals surface area contributed by atoms with Gasteiger partial charge in [-0.15, -0.1) is 0 Å². The SMILES string of the molecule is CCO[I-](O)(O)SOC(C)=O. The summed E-state index contributed by atoms with van der Waals surface area (Å²) in [5.74, 6) is -0.578. The van der Waals surface area contributed by atoms with Gasteiger partial charge in [0.2, 0.25) is 0 Å². The first kappa shape index (κ1) is 11.4. The van der Waals surface area contributed by atoms with Crippen molar-refractivity contribution in [3.8, 4) is 0 Å². The van der Waals surface area contributed by atoms with Crippen molar-refractivity contribution in [1.29, 1.82) is 0 Å². The van der Waals surface area contributed by atoms with Crippen LogP contribution in [0, 0.1) is 0 Å². The topological polar surface area (TPSA) is 76.0 Å². The van der Waals surface area contributed by atoms with E-state index in [0.29, 0.717) is 9.21 Å². The van der Waals surface area contributed by atoms with E-state index in [-0.39, 0.29) is 6.61 Å². The summed E-state index contributed by atoms with van der Waals surface area (Å²) in [4.78, 5) is 10.2. The third-order valence-electron chi connectivity index (χ3n) is 0.482. The van der Waals surface area contributed by atoms with Crippen molar-refractivity contribution in [2.24, 2.45) is 0 Å². The number of halogens is 1. The average molecular weight is 297 g/mol. The van der Waals surface area contributed by atoms with E-state index in [1.54, 1.807) is 6.92 Å². The fourth-order valence-electron chi connectivity index (χ4n) is 0.246. The Bertz CT molecular complexity index is 138. The van der Waals surface area contributed by atoms with Gasteiger partial charge in [0.15, 0.2) is 0 Å². The van der Waals surface area contributed by atoms with E-state index in [2.05, 4.69) is 7.25 Å². The van der Waals surface area contributed by atoms with E-state index >= 15 is 0 Å². The summed E-state index contributed by atoms with van der Waals surface area (Å²) in [5.41, 5.74) is 0. The van der Waals surface area contributed by atoms with Gasteiger partial charge in [-0.2, -0.15) is 0 Å². The van der Waals surface area contributed by atoms with Crippen LogP contribution in [0.1, 0.15) is 13.8 Å². The summed E-state index contributed by atoms with van der Waals surface area (Å²) >= 11 is -4.19. The normalized spacial score (nSPS) is 12.7. The minimum atomic E-state index is -4.19. The summed E-state index contributed by atoms with van der Waals surface area (Å²) in [6.07, 6.45) is 0. The Kier molecular flexibility index (Phi) is 5.34. The molecule has 0 aromatic rings. The van der Waals surface area contributed by atoms with Crippen LogP contribution in [0.5, 0.6) is 0 Å². The summed E-state index contributed by atoms with van der Waals surface area (Å²) in [7, 11) is 0.331. The molecule has 0 heterocycles. The van der Waals surface area contributed by atoms with E-state index in [9.17, 15) is 4.79 Å². The standard InChI is InChI=1S/C4H10IO5S/c1-3-9-5(7,8)11-10-4(2)6/h7-8H,3H2,1-2H3/q-1. The molecule has 5 nitrogen and oxygen atoms in total. The molecule has 0 amide bonds. The molecule has 0 aliphatic carbocycles. The molecule has 2 N–H and O–H groups in total. The molecule has 0 aromatic carbocycles. The second-order valence-corrected chi connectivity index (χ2v) is 8.51. The van der Waals surface area contributed by atoms with Gasteiger partial charge in [0.05, 0.1) is 0 Å². The molecule has 0 aliphatic heterocycles. The maximum atomic E-state index is 10.2. The summed E-state index contributed by atoms with van der Waals surface area (Å²) in [6.45, 7) is 2.99. The van der Waals surface area contributed by atoms with Gasteiger partial charge in [0.1, 0.15) is 0 Å². The molecule has 0 unspecified atom stereocenters. The van der Waals surface area contributed by atoms with Gasteiger partial charge >= 0.3 is 72.8 Å². The van der Waals surface area contributed by atoms with Crippen LogP contribution in [0.4, 0.5) is 0 Å². The Balaban J connectivity index is 3.63. The van der Waals surface area contributed by atoms with E-state index in [0.717, 1.165) is 0 Å². The monoisotopic (exact) mass is 297 g/mol. The van der Waals surface area contributed by atoms with Crippen LogP contribution < -0.4 is 18.3 Å². The van der Waals surface area contributed by atoms with E-state index in [4.69, 9.17) is 6.87 Å². The molecule has 0 radical (unpaired) electrons. The fraction of sp³-hybridized carbons (Fsp3) is 0.750. The van der Waals surface area contributed by atoms with Gasteiger partial charge < -0.3 is 0 Å². The zero-order valence-electron chi connectivity index (χ0n) is 6.11. The van der Waals surface area contributed by atoms with Gasteiger partial charge in [-0.3, -0.25) is 0 Å². The summed E-state index contributed by atoms with van der Waals surface area (Å²) in [5, 5.41) is 0. The van der Waals surface area contributed by atoms with E-state index in [1.165, 1.54) is 6.92 Å². The van der Waals surface area contributed by atoms with Crippen molar-refractivity contribution >= 4 is 15.2 Å². The molecule has 0 rings (SSSR count). The molecule has 0 atom stereocenters. The van der Waals surface area contributed by atoms with Crippen molar-refractivity contribution in [2.45, 2.75) is 13.8 Å². The predicted octanol–water partition coefficient (Wildman–Crippen LogP) is -2.96. The summed E-state index contributed by atoms with van der Waals surface area (Å²) < 4.78 is 26.8. The number of rotatable bonds is 4. The van der Waals surface area contributed by atoms with Crippen LogP contribution in [0.15, 0.2) is 0 Å². The fourth-order valence-corrected chi connectivity index (χ4v) is 3.64. The Morgan fingerprint density at radius 3 is 2.55 bits per heavy atom. The first-order valence-electron chi connectivity index (χ1n) is 2.72. The molecule has 0 saturated heterocycles. The molecule has 0 saturated carbocycles. The Morgan fingerprint density at radius 2 is 2.18 bits per heavy atom. The second-order valence-electron chi connectivity index (χ2n) is 1.45. The molecule has 7 heteroatoms. The molecule has 70 valence electrons. The van der Waals surface area contributed by atoms with Gasteiger partial charge in [0, 0.05) is 0 Å². The van der Waals surface area contributed by atoms with Crippen LogP contribution in [0.2, 0.25) is 0 Å². The molecular weight excluding hydrogens is 287 g/mol. The van der Waals surface area contributed by atoms with Crippen LogP contribution in [0.25, 0.3) is 0 Å². The Labute approximate surface area is 72.9 Å². The molecule has 0 aliphatic rings. The van der Waals surface area contributed by atoms with Crippen molar-refractivity contribution < 1.29 is 37.2 Å². The molecule has 0 fully saturated rings. The first-order valence-corrected chi connectivity index (χ1v) is 8.81. The van der Waals surface area contributed by atoms with Crippen LogP contribution in [0.3, 0.4) is 0 Å². The van der Waals surface area contributed by atoms with Gasteiger partial charge in [-0.05, 0) is 0 Å². The van der Waals surface area contributed by atoms with Crippen LogP contribution in [-0.4, -0.2) is 19.4 Å². The van der Waals surface area contributed by atoms with Crippen LogP contribution in [-0.2, 0) is 12.0 Å². The van der Waals surface area contributed by atoms with Crippen molar-refractivity contribution in [3.05, 3.63) is 0 Å². The zero-order valence-corrected chi connectivity index (χ0v) is 9.09. The Hall–Kier alpha value is 0.430. The summed E-state index contributed by atoms with van der Waals surface area (Å²) in [6, 6.07) is 0. The molecule has 0 spiro atoms. The molecule has 0 bridgehead atoms. The first-order chi connectivity index (χ1) is 4.98. The average Bonchev–Trinajstić information content (AvgIpc) is 1.84. The minimum absolute atomic E-state index is 0.192. The van der Waals surface area contributed by atoms with Gasteiger partial charge in [-0.25, -0.2) is 0 Å². The quantitative estimate of drug-likeness (QED) is 0.427. The number of hydrogen-bond acceptors (Lipinski definition) is 6. The Morgan fingerprint density at radius 1 is 1.64 bits per heavy atom. The predicted molar refractivity (Wildman–Crippen MR) is 35.4 cm³/mol. The van der Waals surface area contributed by atoms with Crippen LogP contribution >= 0.6 is 9.21 Å². The number of carbonyl (C=O) groups excluding carboxylic acids is 1. The maximum absolute atomic E-state index is 10.2. The molecule has 0 aromatic heterocycles. The number of carbonyl (C=O) groups is 1. The van der Waals surface area contributed by atoms with E-state index < -0.39 is 24.3 Å². The van der Waals surface area contributed by atoms with Gasteiger partial charge in [0.25, 0.3) is 0 Å².